The first-order valence-corrected chi connectivity index (χ1v) is 13.8. The van der Waals surface area contributed by atoms with Crippen molar-refractivity contribution < 1.29 is 23.7 Å². The van der Waals surface area contributed by atoms with Crippen LogP contribution in [0.1, 0.15) is 51.8 Å². The topological polar surface area (TPSA) is 88.4 Å². The Morgan fingerprint density at radius 2 is 1.92 bits per heavy atom. The van der Waals surface area contributed by atoms with Crippen LogP contribution in [0, 0.1) is 0 Å². The Labute approximate surface area is 235 Å². The van der Waals surface area contributed by atoms with Crippen LogP contribution >= 0.6 is 22.9 Å². The number of ether oxygens (including phenoxy) is 4. The highest BCUT2D eigenvalue weighted by atomic mass is 35.5. The molecule has 1 atom stereocenters. The first kappa shape index (κ1) is 28.4. The number of fused-ring (bicyclic) bond motifs is 1. The summed E-state index contributed by atoms with van der Waals surface area (Å²) in [7, 11) is 1.52. The maximum atomic E-state index is 14.0. The molecule has 39 heavy (non-hydrogen) atoms. The van der Waals surface area contributed by atoms with Crippen molar-refractivity contribution in [3.8, 4) is 17.2 Å². The third kappa shape index (κ3) is 5.74. The summed E-state index contributed by atoms with van der Waals surface area (Å²) < 4.78 is 24.5. The molecule has 0 bridgehead atoms. The average Bonchev–Trinajstić information content (AvgIpc) is 3.17. The number of nitrogens with zero attached hydrogens (tertiary/aromatic N) is 2. The Morgan fingerprint density at radius 1 is 1.18 bits per heavy atom. The molecule has 0 amide bonds. The second kappa shape index (κ2) is 12.1. The number of esters is 1. The van der Waals surface area contributed by atoms with Crippen LogP contribution in [0.25, 0.3) is 6.08 Å². The summed E-state index contributed by atoms with van der Waals surface area (Å²) in [5.41, 5.74) is 1.80. The van der Waals surface area contributed by atoms with Crippen LogP contribution in [0.3, 0.4) is 0 Å². The SMILES string of the molecule is CCOC(=O)C1=C(C)N=c2s/c(=C\c3cc(Cl)c(OC)c(OCC)c3)c(=O)n2[C@H]1c1ccccc1OC(C)C. The molecule has 1 aliphatic heterocycles. The van der Waals surface area contributed by atoms with Crippen molar-refractivity contribution in [1.82, 2.24) is 4.57 Å². The fourth-order valence-electron chi connectivity index (χ4n) is 4.44. The largest absolute Gasteiger partial charge is 0.491 e. The number of hydrogen-bond acceptors (Lipinski definition) is 8. The molecule has 10 heteroatoms. The smallest absolute Gasteiger partial charge is 0.338 e. The van der Waals surface area contributed by atoms with Gasteiger partial charge in [0.2, 0.25) is 0 Å². The van der Waals surface area contributed by atoms with Crippen LogP contribution < -0.4 is 29.1 Å². The Bertz CT molecular complexity index is 1600. The van der Waals surface area contributed by atoms with Crippen LogP contribution in [0.4, 0.5) is 0 Å². The third-order valence-corrected chi connectivity index (χ3v) is 7.19. The number of hydrogen-bond donors (Lipinski definition) is 0. The zero-order chi connectivity index (χ0) is 28.3. The van der Waals surface area contributed by atoms with E-state index < -0.39 is 12.0 Å². The van der Waals surface area contributed by atoms with E-state index in [-0.39, 0.29) is 18.3 Å². The fraction of sp³-hybridized carbons (Fsp3) is 0.345. The Morgan fingerprint density at radius 3 is 2.59 bits per heavy atom. The standard InChI is InChI=1S/C29H31ClN2O6S/c1-7-36-22-14-18(13-20(30)26(22)35-6)15-23-27(33)32-25(19-11-9-10-12-21(19)38-16(3)4)24(28(34)37-8-2)17(5)31-29(32)39-23/h9-16,25H,7-8H2,1-6H3/b23-15-/t25-/m0/s1. The normalized spacial score (nSPS) is 15.2. The maximum Gasteiger partial charge on any atom is 0.338 e. The van der Waals surface area contributed by atoms with Gasteiger partial charge in [-0.15, -0.1) is 0 Å². The summed E-state index contributed by atoms with van der Waals surface area (Å²) in [6.07, 6.45) is 1.62. The number of halogens is 1. The fourth-order valence-corrected chi connectivity index (χ4v) is 5.78. The summed E-state index contributed by atoms with van der Waals surface area (Å²) in [4.78, 5) is 32.3. The van der Waals surface area contributed by atoms with E-state index in [0.717, 1.165) is 0 Å². The minimum atomic E-state index is -0.782. The van der Waals surface area contributed by atoms with Gasteiger partial charge in [0.25, 0.3) is 5.56 Å². The molecule has 4 rings (SSSR count). The van der Waals surface area contributed by atoms with Gasteiger partial charge >= 0.3 is 5.97 Å². The highest BCUT2D eigenvalue weighted by Crippen LogP contribution is 2.37. The number of methoxy groups -OCH3 is 1. The van der Waals surface area contributed by atoms with Gasteiger partial charge in [-0.25, -0.2) is 9.79 Å². The summed E-state index contributed by atoms with van der Waals surface area (Å²) in [6, 6.07) is 10.1. The van der Waals surface area contributed by atoms with E-state index >= 15 is 0 Å². The Kier molecular flexibility index (Phi) is 8.82. The number of allylic oxidation sites excluding steroid dienone is 1. The van der Waals surface area contributed by atoms with E-state index in [1.54, 1.807) is 32.1 Å². The van der Waals surface area contributed by atoms with Gasteiger partial charge in [0.05, 0.1) is 47.3 Å². The van der Waals surface area contributed by atoms with Crippen LogP contribution in [0.5, 0.6) is 17.2 Å². The molecule has 1 aliphatic rings. The van der Waals surface area contributed by atoms with Gasteiger partial charge in [-0.1, -0.05) is 41.1 Å². The zero-order valence-corrected chi connectivity index (χ0v) is 24.3. The molecule has 0 radical (unpaired) electrons. The van der Waals surface area contributed by atoms with Gasteiger partial charge in [-0.2, -0.15) is 0 Å². The van der Waals surface area contributed by atoms with E-state index in [9.17, 15) is 9.59 Å². The van der Waals surface area contributed by atoms with Crippen molar-refractivity contribution in [2.45, 2.75) is 46.8 Å². The van der Waals surface area contributed by atoms with Gasteiger partial charge < -0.3 is 18.9 Å². The molecule has 0 spiro atoms. The highest BCUT2D eigenvalue weighted by Gasteiger charge is 2.35. The summed E-state index contributed by atoms with van der Waals surface area (Å²) in [5, 5.41) is 0.362. The van der Waals surface area contributed by atoms with Gasteiger partial charge in [0.1, 0.15) is 11.8 Å². The predicted octanol–water partition coefficient (Wildman–Crippen LogP) is 4.65. The number of thiazole rings is 1. The second-order valence-corrected chi connectivity index (χ2v) is 10.4. The first-order valence-electron chi connectivity index (χ1n) is 12.7. The highest BCUT2D eigenvalue weighted by molar-refractivity contribution is 7.07. The van der Waals surface area contributed by atoms with Crippen LogP contribution in [-0.4, -0.2) is 37.0 Å². The molecule has 0 fully saturated rings. The van der Waals surface area contributed by atoms with E-state index in [1.807, 2.05) is 45.0 Å². The molecule has 0 saturated carbocycles. The lowest BCUT2D eigenvalue weighted by Gasteiger charge is -2.26. The van der Waals surface area contributed by atoms with Crippen LogP contribution in [0.2, 0.25) is 5.02 Å². The molecule has 3 aromatic rings. The minimum absolute atomic E-state index is 0.113. The molecular weight excluding hydrogens is 540 g/mol. The van der Waals surface area contributed by atoms with Crippen molar-refractivity contribution in [3.63, 3.8) is 0 Å². The quantitative estimate of drug-likeness (QED) is 0.348. The predicted molar refractivity (Wildman–Crippen MR) is 152 cm³/mol. The molecule has 8 nitrogen and oxygen atoms in total. The molecule has 206 valence electrons. The van der Waals surface area contributed by atoms with Crippen molar-refractivity contribution in [3.05, 3.63) is 83.5 Å². The first-order chi connectivity index (χ1) is 18.7. The lowest BCUT2D eigenvalue weighted by Crippen LogP contribution is -2.40. The number of carbonyl (C=O) groups excluding carboxylic acids is 1. The Hall–Kier alpha value is -3.56. The lowest BCUT2D eigenvalue weighted by molar-refractivity contribution is -0.139. The van der Waals surface area contributed by atoms with Gasteiger partial charge in [-0.05, 0) is 64.5 Å². The molecule has 0 aliphatic carbocycles. The number of aromatic nitrogens is 1. The lowest BCUT2D eigenvalue weighted by atomic mass is 9.95. The van der Waals surface area contributed by atoms with Crippen LogP contribution in [0.15, 0.2) is 57.5 Å². The zero-order valence-electron chi connectivity index (χ0n) is 22.7. The van der Waals surface area contributed by atoms with E-state index in [0.29, 0.717) is 60.6 Å². The van der Waals surface area contributed by atoms with Gasteiger partial charge in [-0.3, -0.25) is 9.36 Å². The summed E-state index contributed by atoms with van der Waals surface area (Å²) in [5.74, 6) is 0.950. The van der Waals surface area contributed by atoms with Crippen molar-refractivity contribution in [2.75, 3.05) is 20.3 Å². The average molecular weight is 571 g/mol. The van der Waals surface area contributed by atoms with E-state index in [4.69, 9.17) is 30.5 Å². The maximum absolute atomic E-state index is 14.0. The summed E-state index contributed by atoms with van der Waals surface area (Å²) >= 11 is 7.67. The molecule has 2 heterocycles. The molecule has 0 N–H and O–H groups in total. The summed E-state index contributed by atoms with van der Waals surface area (Å²) in [6.45, 7) is 9.81. The third-order valence-electron chi connectivity index (χ3n) is 5.93. The van der Waals surface area contributed by atoms with Crippen LogP contribution in [-0.2, 0) is 9.53 Å². The van der Waals surface area contributed by atoms with Crippen molar-refractivity contribution >= 4 is 35.0 Å². The molecule has 0 unspecified atom stereocenters. The van der Waals surface area contributed by atoms with Gasteiger partial charge in [0.15, 0.2) is 16.3 Å². The van der Waals surface area contributed by atoms with Gasteiger partial charge in [0, 0.05) is 5.56 Å². The number of carbonyl (C=O) groups is 1. The van der Waals surface area contributed by atoms with E-state index in [2.05, 4.69) is 4.99 Å². The number of rotatable bonds is 9. The van der Waals surface area contributed by atoms with Crippen molar-refractivity contribution in [1.29, 1.82) is 0 Å². The Balaban J connectivity index is 1.96. The molecule has 0 saturated heterocycles. The number of benzene rings is 2. The second-order valence-electron chi connectivity index (χ2n) is 8.97. The van der Waals surface area contributed by atoms with Crippen molar-refractivity contribution in [2.24, 2.45) is 4.99 Å². The molecule has 2 aromatic carbocycles. The molecular formula is C29H31ClN2O6S. The molecule has 1 aromatic heterocycles. The minimum Gasteiger partial charge on any atom is -0.491 e. The monoisotopic (exact) mass is 570 g/mol. The number of para-hydroxylation sites is 1. The van der Waals surface area contributed by atoms with E-state index in [1.165, 1.54) is 23.0 Å².